The second-order valence-corrected chi connectivity index (χ2v) is 10.2. The van der Waals surface area contributed by atoms with Gasteiger partial charge in [0, 0.05) is 18.2 Å². The van der Waals surface area contributed by atoms with Gasteiger partial charge in [0.25, 0.3) is 11.8 Å². The number of rotatable bonds is 7. The smallest absolute Gasteiger partial charge is 0.322 e. The number of carbonyl (C=O) groups excluding carboxylic acids is 1. The summed E-state index contributed by atoms with van der Waals surface area (Å²) >= 11 is 6.14. The van der Waals surface area contributed by atoms with Gasteiger partial charge in [-0.2, -0.15) is 4.31 Å². The lowest BCUT2D eigenvalue weighted by Gasteiger charge is -2.32. The molecule has 1 aliphatic rings. The number of nitrogens with zero attached hydrogens (tertiary/aromatic N) is 3. The lowest BCUT2D eigenvalue weighted by Crippen LogP contribution is -2.41. The molecule has 2 aromatic carbocycles. The van der Waals surface area contributed by atoms with Crippen LogP contribution < -0.4 is 5.32 Å². The first-order chi connectivity index (χ1) is 15.9. The molecule has 3 aromatic rings. The number of benzene rings is 2. The topological polar surface area (TPSA) is 105 Å². The summed E-state index contributed by atoms with van der Waals surface area (Å²) in [5.41, 5.74) is 0.826. The Labute approximate surface area is 198 Å². The number of anilines is 1. The van der Waals surface area contributed by atoms with Gasteiger partial charge < -0.3 is 4.42 Å². The van der Waals surface area contributed by atoms with E-state index in [0.29, 0.717) is 17.1 Å². The SMILES string of the molecule is CCN(C1CCCCC1)S(=O)(=O)c1ccc(C(=O)Nc2nnc(-c3ccccc3Cl)o2)cc1. The van der Waals surface area contributed by atoms with Crippen molar-refractivity contribution in [2.24, 2.45) is 0 Å². The minimum Gasteiger partial charge on any atom is -0.403 e. The Hall–Kier alpha value is -2.75. The minimum absolute atomic E-state index is 0.0292. The Morgan fingerprint density at radius 3 is 2.45 bits per heavy atom. The molecular weight excluding hydrogens is 464 g/mol. The van der Waals surface area contributed by atoms with Crippen molar-refractivity contribution < 1.29 is 17.6 Å². The standard InChI is InChI=1S/C23H25ClN4O4S/c1-2-28(17-8-4-3-5-9-17)33(30,31)18-14-12-16(13-15-18)21(29)25-23-27-26-22(32-23)19-10-6-7-11-20(19)24/h6-7,10-15,17H,2-5,8-9H2,1H3,(H,25,27,29). The van der Waals surface area contributed by atoms with Crippen LogP contribution in [0, 0.1) is 0 Å². The summed E-state index contributed by atoms with van der Waals surface area (Å²) in [6.45, 7) is 2.27. The van der Waals surface area contributed by atoms with Crippen LogP contribution in [-0.4, -0.2) is 41.4 Å². The zero-order valence-electron chi connectivity index (χ0n) is 18.2. The molecule has 33 heavy (non-hydrogen) atoms. The number of aromatic nitrogens is 2. The molecule has 0 radical (unpaired) electrons. The van der Waals surface area contributed by atoms with Crippen LogP contribution in [0.2, 0.25) is 5.02 Å². The van der Waals surface area contributed by atoms with Gasteiger partial charge in [-0.05, 0) is 49.2 Å². The van der Waals surface area contributed by atoms with Crippen molar-refractivity contribution in [3.05, 3.63) is 59.1 Å². The molecule has 8 nitrogen and oxygen atoms in total. The average Bonchev–Trinajstić information content (AvgIpc) is 3.28. The van der Waals surface area contributed by atoms with Crippen LogP contribution >= 0.6 is 11.6 Å². The first kappa shape index (κ1) is 23.4. The number of hydrogen-bond donors (Lipinski definition) is 1. The molecule has 1 amide bonds. The fourth-order valence-corrected chi connectivity index (χ4v) is 6.00. The molecule has 4 rings (SSSR count). The van der Waals surface area contributed by atoms with Gasteiger partial charge in [0.15, 0.2) is 0 Å². The monoisotopic (exact) mass is 488 g/mol. The Bertz CT molecular complexity index is 1220. The summed E-state index contributed by atoms with van der Waals surface area (Å²) in [4.78, 5) is 12.8. The van der Waals surface area contributed by atoms with E-state index in [-0.39, 0.29) is 28.4 Å². The van der Waals surface area contributed by atoms with E-state index in [1.54, 1.807) is 28.6 Å². The van der Waals surface area contributed by atoms with Crippen LogP contribution in [0.3, 0.4) is 0 Å². The summed E-state index contributed by atoms with van der Waals surface area (Å²) < 4.78 is 33.4. The molecule has 0 spiro atoms. The van der Waals surface area contributed by atoms with E-state index in [9.17, 15) is 13.2 Å². The van der Waals surface area contributed by atoms with Crippen molar-refractivity contribution >= 4 is 33.5 Å². The van der Waals surface area contributed by atoms with Crippen molar-refractivity contribution in [1.82, 2.24) is 14.5 Å². The van der Waals surface area contributed by atoms with Crippen molar-refractivity contribution in [2.75, 3.05) is 11.9 Å². The highest BCUT2D eigenvalue weighted by Crippen LogP contribution is 2.29. The number of amides is 1. The molecule has 1 saturated carbocycles. The van der Waals surface area contributed by atoms with Crippen LogP contribution in [0.5, 0.6) is 0 Å². The Kier molecular flexibility index (Phi) is 7.11. The molecule has 0 bridgehead atoms. The normalized spacial score (nSPS) is 15.0. The Morgan fingerprint density at radius 2 is 1.79 bits per heavy atom. The van der Waals surface area contributed by atoms with Crippen molar-refractivity contribution in [3.8, 4) is 11.5 Å². The second-order valence-electron chi connectivity index (χ2n) is 7.87. The molecule has 1 N–H and O–H groups in total. The largest absolute Gasteiger partial charge is 0.403 e. The number of sulfonamides is 1. The molecule has 1 fully saturated rings. The Morgan fingerprint density at radius 1 is 1.09 bits per heavy atom. The predicted molar refractivity (Wildman–Crippen MR) is 126 cm³/mol. The summed E-state index contributed by atoms with van der Waals surface area (Å²) in [6.07, 6.45) is 5.01. The van der Waals surface area contributed by atoms with E-state index >= 15 is 0 Å². The third-order valence-corrected chi connectivity index (χ3v) is 8.14. The fraction of sp³-hybridized carbons (Fsp3) is 0.348. The quantitative estimate of drug-likeness (QED) is 0.502. The maximum absolute atomic E-state index is 13.2. The fourth-order valence-electron chi connectivity index (χ4n) is 4.09. The summed E-state index contributed by atoms with van der Waals surface area (Å²) in [5.74, 6) is -0.312. The predicted octanol–water partition coefficient (Wildman–Crippen LogP) is 4.99. The molecule has 0 unspecified atom stereocenters. The second kappa shape index (κ2) is 10.0. The van der Waals surface area contributed by atoms with Crippen LogP contribution in [0.25, 0.3) is 11.5 Å². The highest BCUT2D eigenvalue weighted by atomic mass is 35.5. The van der Waals surface area contributed by atoms with Crippen LogP contribution in [0.1, 0.15) is 49.4 Å². The highest BCUT2D eigenvalue weighted by Gasteiger charge is 2.31. The summed E-state index contributed by atoms with van der Waals surface area (Å²) in [5, 5.41) is 10.7. The maximum Gasteiger partial charge on any atom is 0.322 e. The number of halogens is 1. The van der Waals surface area contributed by atoms with Gasteiger partial charge in [-0.1, -0.05) is 55.0 Å². The van der Waals surface area contributed by atoms with Gasteiger partial charge in [-0.15, -0.1) is 5.10 Å². The number of hydrogen-bond acceptors (Lipinski definition) is 6. The zero-order valence-corrected chi connectivity index (χ0v) is 19.8. The van der Waals surface area contributed by atoms with Crippen molar-refractivity contribution in [3.63, 3.8) is 0 Å². The van der Waals surface area contributed by atoms with E-state index in [1.807, 2.05) is 6.92 Å². The summed E-state index contributed by atoms with van der Waals surface area (Å²) in [7, 11) is -3.64. The summed E-state index contributed by atoms with van der Waals surface area (Å²) in [6, 6.07) is 12.8. The molecule has 0 aliphatic heterocycles. The van der Waals surface area contributed by atoms with Gasteiger partial charge in [0.2, 0.25) is 10.0 Å². The number of nitrogens with one attached hydrogen (secondary N) is 1. The molecule has 174 valence electrons. The van der Waals surface area contributed by atoms with E-state index in [0.717, 1.165) is 32.1 Å². The third-order valence-electron chi connectivity index (χ3n) is 5.77. The van der Waals surface area contributed by atoms with E-state index in [1.165, 1.54) is 24.3 Å². The average molecular weight is 489 g/mol. The van der Waals surface area contributed by atoms with Gasteiger partial charge in [0.05, 0.1) is 15.5 Å². The van der Waals surface area contributed by atoms with Crippen LogP contribution in [0.15, 0.2) is 57.8 Å². The van der Waals surface area contributed by atoms with Gasteiger partial charge in [-0.25, -0.2) is 8.42 Å². The lowest BCUT2D eigenvalue weighted by atomic mass is 9.95. The molecule has 1 aromatic heterocycles. The lowest BCUT2D eigenvalue weighted by molar-refractivity contribution is 0.102. The number of carbonyl (C=O) groups is 1. The van der Waals surface area contributed by atoms with Crippen molar-refractivity contribution in [1.29, 1.82) is 0 Å². The van der Waals surface area contributed by atoms with E-state index in [2.05, 4.69) is 15.5 Å². The van der Waals surface area contributed by atoms with Gasteiger partial charge in [-0.3, -0.25) is 10.1 Å². The first-order valence-electron chi connectivity index (χ1n) is 10.9. The van der Waals surface area contributed by atoms with Crippen LogP contribution in [0.4, 0.5) is 6.01 Å². The van der Waals surface area contributed by atoms with Gasteiger partial charge in [0.1, 0.15) is 0 Å². The first-order valence-corrected chi connectivity index (χ1v) is 12.7. The van der Waals surface area contributed by atoms with Gasteiger partial charge >= 0.3 is 6.01 Å². The molecular formula is C23H25ClN4O4S. The maximum atomic E-state index is 13.2. The highest BCUT2D eigenvalue weighted by molar-refractivity contribution is 7.89. The van der Waals surface area contributed by atoms with E-state index in [4.69, 9.17) is 16.0 Å². The molecule has 10 heteroatoms. The van der Waals surface area contributed by atoms with Crippen LogP contribution in [-0.2, 0) is 10.0 Å². The third kappa shape index (κ3) is 5.10. The molecule has 1 heterocycles. The molecule has 0 saturated heterocycles. The van der Waals surface area contributed by atoms with Crippen molar-refractivity contribution in [2.45, 2.75) is 50.0 Å². The molecule has 1 aliphatic carbocycles. The van der Waals surface area contributed by atoms with E-state index < -0.39 is 15.9 Å². The Balaban J connectivity index is 1.47. The molecule has 0 atom stereocenters. The zero-order chi connectivity index (χ0) is 23.4. The minimum atomic E-state index is -3.64.